The van der Waals surface area contributed by atoms with Gasteiger partial charge in [-0.05, 0) is 42.3 Å². The van der Waals surface area contributed by atoms with Gasteiger partial charge in [-0.15, -0.1) is 0 Å². The molecule has 6 heteroatoms. The van der Waals surface area contributed by atoms with Crippen LogP contribution in [0.5, 0.6) is 11.5 Å². The number of nitrogens with zero attached hydrogens (tertiary/aromatic N) is 1. The Morgan fingerprint density at radius 1 is 0.969 bits per heavy atom. The van der Waals surface area contributed by atoms with Crippen molar-refractivity contribution in [1.82, 2.24) is 0 Å². The highest BCUT2D eigenvalue weighted by molar-refractivity contribution is 5.97. The molecule has 0 N–H and O–H groups in total. The van der Waals surface area contributed by atoms with Gasteiger partial charge in [0, 0.05) is 5.56 Å². The fraction of sp³-hybridized carbons (Fsp3) is 0.115. The predicted molar refractivity (Wildman–Crippen MR) is 120 cm³/mol. The molecule has 0 fully saturated rings. The third-order valence-corrected chi connectivity index (χ3v) is 4.33. The third kappa shape index (κ3) is 6.07. The minimum Gasteiger partial charge on any atom is -0.481 e. The molecule has 0 aliphatic rings. The van der Waals surface area contributed by atoms with Crippen molar-refractivity contribution in [3.05, 3.63) is 90.0 Å². The maximum atomic E-state index is 12.3. The molecular weight excluding hydrogens is 406 g/mol. The van der Waals surface area contributed by atoms with Crippen LogP contribution in [-0.2, 0) is 14.3 Å². The lowest BCUT2D eigenvalue weighted by atomic mass is 10.1. The second-order valence-electron chi connectivity index (χ2n) is 6.59. The number of hydrogen-bond donors (Lipinski definition) is 0. The number of carbonyl (C=O) groups excluding carboxylic acids is 2. The van der Waals surface area contributed by atoms with Crippen molar-refractivity contribution >= 4 is 18.0 Å². The molecule has 0 atom stereocenters. The Balaban J connectivity index is 1.66. The van der Waals surface area contributed by atoms with Crippen molar-refractivity contribution in [1.29, 1.82) is 5.26 Å². The lowest BCUT2D eigenvalue weighted by molar-refractivity contribution is -0.138. The second-order valence-corrected chi connectivity index (χ2v) is 6.59. The SMILES string of the molecule is CCOC(=O)/C(C#N)=C/c1cccc(OC(=O)COc2ccccc2-c2ccccc2)c1. The van der Waals surface area contributed by atoms with Gasteiger partial charge >= 0.3 is 11.9 Å². The summed E-state index contributed by atoms with van der Waals surface area (Å²) in [5.74, 6) is -0.451. The highest BCUT2D eigenvalue weighted by atomic mass is 16.6. The lowest BCUT2D eigenvalue weighted by Crippen LogP contribution is -2.18. The van der Waals surface area contributed by atoms with Gasteiger partial charge in [-0.3, -0.25) is 0 Å². The van der Waals surface area contributed by atoms with Crippen molar-refractivity contribution < 1.29 is 23.8 Å². The van der Waals surface area contributed by atoms with E-state index in [4.69, 9.17) is 19.5 Å². The number of nitriles is 1. The zero-order chi connectivity index (χ0) is 22.8. The maximum Gasteiger partial charge on any atom is 0.349 e. The number of ether oxygens (including phenoxy) is 3. The Bertz CT molecular complexity index is 1160. The van der Waals surface area contributed by atoms with Gasteiger partial charge in [0.15, 0.2) is 6.61 Å². The molecule has 0 aliphatic carbocycles. The first-order valence-corrected chi connectivity index (χ1v) is 9.97. The molecule has 0 heterocycles. The van der Waals surface area contributed by atoms with E-state index in [0.29, 0.717) is 11.3 Å². The molecule has 0 bridgehead atoms. The number of carbonyl (C=O) groups is 2. The summed E-state index contributed by atoms with van der Waals surface area (Å²) in [7, 11) is 0. The van der Waals surface area contributed by atoms with Crippen molar-refractivity contribution in [2.45, 2.75) is 6.92 Å². The molecule has 0 radical (unpaired) electrons. The Morgan fingerprint density at radius 3 is 2.47 bits per heavy atom. The van der Waals surface area contributed by atoms with E-state index in [2.05, 4.69) is 0 Å². The van der Waals surface area contributed by atoms with Crippen molar-refractivity contribution in [3.63, 3.8) is 0 Å². The van der Waals surface area contributed by atoms with E-state index in [-0.39, 0.29) is 24.5 Å². The molecule has 0 aromatic heterocycles. The Labute approximate surface area is 186 Å². The average molecular weight is 427 g/mol. The third-order valence-electron chi connectivity index (χ3n) is 4.33. The average Bonchev–Trinajstić information content (AvgIpc) is 2.82. The second kappa shape index (κ2) is 11.1. The monoisotopic (exact) mass is 427 g/mol. The molecule has 3 aromatic rings. The van der Waals surface area contributed by atoms with Crippen LogP contribution >= 0.6 is 0 Å². The van der Waals surface area contributed by atoms with E-state index in [0.717, 1.165) is 11.1 Å². The summed E-state index contributed by atoms with van der Waals surface area (Å²) in [5.41, 5.74) is 2.23. The van der Waals surface area contributed by atoms with Gasteiger partial charge in [0.1, 0.15) is 23.1 Å². The summed E-state index contributed by atoms with van der Waals surface area (Å²) in [6, 6.07) is 25.5. The first kappa shape index (κ1) is 22.3. The molecule has 0 unspecified atom stereocenters. The number of benzene rings is 3. The Hall–Kier alpha value is -4.37. The van der Waals surface area contributed by atoms with E-state index < -0.39 is 11.9 Å². The number of hydrogen-bond acceptors (Lipinski definition) is 6. The quantitative estimate of drug-likeness (QED) is 0.222. The van der Waals surface area contributed by atoms with Crippen LogP contribution in [-0.4, -0.2) is 25.2 Å². The fourth-order valence-corrected chi connectivity index (χ4v) is 2.93. The van der Waals surface area contributed by atoms with Crippen molar-refractivity contribution in [2.24, 2.45) is 0 Å². The summed E-state index contributed by atoms with van der Waals surface area (Å²) < 4.78 is 15.9. The molecule has 0 spiro atoms. The normalized spacial score (nSPS) is 10.7. The first-order chi connectivity index (χ1) is 15.6. The zero-order valence-electron chi connectivity index (χ0n) is 17.5. The standard InChI is InChI=1S/C26H21NO5/c1-2-30-26(29)21(17-27)15-19-9-8-12-22(16-19)32-25(28)18-31-24-14-7-6-13-23(24)20-10-4-3-5-11-20/h3-16H,2,18H2,1H3/b21-15+. The van der Waals surface area contributed by atoms with Gasteiger partial charge in [0.2, 0.25) is 0 Å². The summed E-state index contributed by atoms with van der Waals surface area (Å²) >= 11 is 0. The molecular formula is C26H21NO5. The van der Waals surface area contributed by atoms with Crippen molar-refractivity contribution in [3.8, 4) is 28.7 Å². The first-order valence-electron chi connectivity index (χ1n) is 9.97. The van der Waals surface area contributed by atoms with Crippen LogP contribution in [0, 0.1) is 11.3 Å². The molecule has 0 saturated carbocycles. The van der Waals surface area contributed by atoms with Crippen LogP contribution < -0.4 is 9.47 Å². The van der Waals surface area contributed by atoms with Gasteiger partial charge in [0.05, 0.1) is 6.61 Å². The summed E-state index contributed by atoms with van der Waals surface area (Å²) in [6.07, 6.45) is 1.38. The highest BCUT2D eigenvalue weighted by Crippen LogP contribution is 2.29. The fourth-order valence-electron chi connectivity index (χ4n) is 2.93. The molecule has 0 saturated heterocycles. The number of para-hydroxylation sites is 1. The van der Waals surface area contributed by atoms with E-state index in [1.165, 1.54) is 6.08 Å². The van der Waals surface area contributed by atoms with Gasteiger partial charge < -0.3 is 14.2 Å². The Morgan fingerprint density at radius 2 is 1.72 bits per heavy atom. The van der Waals surface area contributed by atoms with Crippen LogP contribution in [0.1, 0.15) is 12.5 Å². The van der Waals surface area contributed by atoms with E-state index in [1.807, 2.05) is 54.6 Å². The van der Waals surface area contributed by atoms with E-state index in [1.54, 1.807) is 37.3 Å². The van der Waals surface area contributed by atoms with Crippen LogP contribution in [0.4, 0.5) is 0 Å². The molecule has 0 aliphatic heterocycles. The smallest absolute Gasteiger partial charge is 0.349 e. The van der Waals surface area contributed by atoms with Crippen LogP contribution in [0.2, 0.25) is 0 Å². The highest BCUT2D eigenvalue weighted by Gasteiger charge is 2.12. The zero-order valence-corrected chi connectivity index (χ0v) is 17.5. The lowest BCUT2D eigenvalue weighted by Gasteiger charge is -2.11. The molecule has 6 nitrogen and oxygen atoms in total. The summed E-state index contributed by atoms with van der Waals surface area (Å²) in [5, 5.41) is 9.16. The van der Waals surface area contributed by atoms with Gasteiger partial charge in [-0.2, -0.15) is 5.26 Å². The number of rotatable bonds is 8. The van der Waals surface area contributed by atoms with Crippen molar-refractivity contribution in [2.75, 3.05) is 13.2 Å². The van der Waals surface area contributed by atoms with Crippen LogP contribution in [0.3, 0.4) is 0 Å². The Kier molecular flexibility index (Phi) is 7.77. The van der Waals surface area contributed by atoms with Gasteiger partial charge in [0.25, 0.3) is 0 Å². The predicted octanol–water partition coefficient (Wildman–Crippen LogP) is 4.81. The minimum absolute atomic E-state index is 0.142. The number of esters is 2. The minimum atomic E-state index is -0.706. The topological polar surface area (TPSA) is 85.6 Å². The van der Waals surface area contributed by atoms with Crippen LogP contribution in [0.15, 0.2) is 84.4 Å². The summed E-state index contributed by atoms with van der Waals surface area (Å²) in [6.45, 7) is 1.55. The molecule has 3 aromatic carbocycles. The van der Waals surface area contributed by atoms with Gasteiger partial charge in [-0.1, -0.05) is 60.7 Å². The van der Waals surface area contributed by atoms with Gasteiger partial charge in [-0.25, -0.2) is 9.59 Å². The van der Waals surface area contributed by atoms with E-state index in [9.17, 15) is 9.59 Å². The summed E-state index contributed by atoms with van der Waals surface area (Å²) in [4.78, 5) is 24.1. The molecule has 32 heavy (non-hydrogen) atoms. The molecule has 3 rings (SSSR count). The largest absolute Gasteiger partial charge is 0.481 e. The molecule has 0 amide bonds. The van der Waals surface area contributed by atoms with Crippen LogP contribution in [0.25, 0.3) is 17.2 Å². The molecule has 160 valence electrons. The maximum absolute atomic E-state index is 12.3. The van der Waals surface area contributed by atoms with E-state index >= 15 is 0 Å².